The third-order valence-corrected chi connectivity index (χ3v) is 4.26. The number of likely N-dealkylation sites (tertiary alicyclic amines) is 1. The number of hydrogen-bond acceptors (Lipinski definition) is 4. The second kappa shape index (κ2) is 7.42. The normalized spacial score (nSPS) is 18.3. The fourth-order valence-electron chi connectivity index (χ4n) is 3.01. The second-order valence-electron chi connectivity index (χ2n) is 5.69. The van der Waals surface area contributed by atoms with E-state index in [1.54, 1.807) is 11.8 Å². The molecule has 6 heteroatoms. The van der Waals surface area contributed by atoms with Crippen molar-refractivity contribution >= 4 is 11.9 Å². The van der Waals surface area contributed by atoms with Crippen LogP contribution >= 0.6 is 0 Å². The highest BCUT2D eigenvalue weighted by atomic mass is 16.5. The van der Waals surface area contributed by atoms with Gasteiger partial charge in [0.25, 0.3) is 5.91 Å². The number of hydrogen-bond donors (Lipinski definition) is 1. The molecule has 0 aromatic carbocycles. The van der Waals surface area contributed by atoms with Gasteiger partial charge < -0.3 is 9.64 Å². The molecule has 1 aromatic heterocycles. The van der Waals surface area contributed by atoms with Gasteiger partial charge in [-0.1, -0.05) is 6.92 Å². The van der Waals surface area contributed by atoms with Crippen molar-refractivity contribution in [3.05, 3.63) is 17.0 Å². The molecule has 1 N–H and O–H groups in total. The smallest absolute Gasteiger partial charge is 0.307 e. The van der Waals surface area contributed by atoms with Crippen LogP contribution in [0.3, 0.4) is 0 Å². The van der Waals surface area contributed by atoms with E-state index in [9.17, 15) is 9.59 Å². The average molecular weight is 307 g/mol. The lowest BCUT2D eigenvalue weighted by Crippen LogP contribution is -2.45. The molecule has 0 spiro atoms. The summed E-state index contributed by atoms with van der Waals surface area (Å²) in [5, 5.41) is 7.11. The van der Waals surface area contributed by atoms with Gasteiger partial charge in [0.05, 0.1) is 13.0 Å². The first kappa shape index (κ1) is 16.5. The Morgan fingerprint density at radius 3 is 2.77 bits per heavy atom. The summed E-state index contributed by atoms with van der Waals surface area (Å²) < 4.78 is 5.02. The van der Waals surface area contributed by atoms with Gasteiger partial charge in [-0.3, -0.25) is 14.7 Å². The van der Waals surface area contributed by atoms with Crippen molar-refractivity contribution in [3.63, 3.8) is 0 Å². The molecule has 1 saturated heterocycles. The zero-order chi connectivity index (χ0) is 16.1. The molecule has 1 fully saturated rings. The Morgan fingerprint density at radius 2 is 2.14 bits per heavy atom. The van der Waals surface area contributed by atoms with Crippen LogP contribution in [-0.4, -0.2) is 46.2 Å². The highest BCUT2D eigenvalue weighted by molar-refractivity contribution is 5.94. The number of ether oxygens (including phenoxy) is 1. The number of aryl methyl sites for hydroxylation is 1. The van der Waals surface area contributed by atoms with Crippen LogP contribution in [0.1, 0.15) is 61.3 Å². The maximum Gasteiger partial charge on any atom is 0.307 e. The van der Waals surface area contributed by atoms with Crippen molar-refractivity contribution in [1.82, 2.24) is 15.1 Å². The standard InChI is InChI=1S/C16H25N3O3/c1-4-13-11(3)15(18-17-13)16(21)19-9-7-6-8-12(19)10-14(20)22-5-2/h12H,4-10H2,1-3H3,(H,17,18). The van der Waals surface area contributed by atoms with Gasteiger partial charge in [0.1, 0.15) is 0 Å². The van der Waals surface area contributed by atoms with E-state index in [0.29, 0.717) is 18.8 Å². The Balaban J connectivity index is 2.14. The Labute approximate surface area is 131 Å². The van der Waals surface area contributed by atoms with Gasteiger partial charge in [-0.25, -0.2) is 0 Å². The lowest BCUT2D eigenvalue weighted by atomic mass is 9.98. The van der Waals surface area contributed by atoms with Crippen molar-refractivity contribution in [2.24, 2.45) is 0 Å². The van der Waals surface area contributed by atoms with Crippen LogP contribution in [-0.2, 0) is 16.0 Å². The lowest BCUT2D eigenvalue weighted by Gasteiger charge is -2.35. The number of nitrogens with one attached hydrogen (secondary N) is 1. The zero-order valence-electron chi connectivity index (χ0n) is 13.6. The highest BCUT2D eigenvalue weighted by Crippen LogP contribution is 2.23. The predicted molar refractivity (Wildman–Crippen MR) is 82.6 cm³/mol. The fourth-order valence-corrected chi connectivity index (χ4v) is 3.01. The van der Waals surface area contributed by atoms with Crippen molar-refractivity contribution in [2.45, 2.75) is 58.9 Å². The SMILES string of the molecule is CCOC(=O)CC1CCCCN1C(=O)c1n[nH]c(CC)c1C. The largest absolute Gasteiger partial charge is 0.466 e. The fraction of sp³-hybridized carbons (Fsp3) is 0.688. The van der Waals surface area contributed by atoms with Gasteiger partial charge in [-0.15, -0.1) is 0 Å². The number of rotatable bonds is 5. The summed E-state index contributed by atoms with van der Waals surface area (Å²) in [5.41, 5.74) is 2.38. The Kier molecular flexibility index (Phi) is 5.57. The molecule has 1 amide bonds. The third kappa shape index (κ3) is 3.48. The number of piperidine rings is 1. The Bertz CT molecular complexity index is 539. The molecule has 2 rings (SSSR count). The van der Waals surface area contributed by atoms with Crippen LogP contribution < -0.4 is 0 Å². The molecule has 22 heavy (non-hydrogen) atoms. The lowest BCUT2D eigenvalue weighted by molar-refractivity contribution is -0.144. The molecule has 6 nitrogen and oxygen atoms in total. The topological polar surface area (TPSA) is 75.3 Å². The number of carbonyl (C=O) groups is 2. The van der Waals surface area contributed by atoms with Crippen molar-refractivity contribution in [2.75, 3.05) is 13.2 Å². The first-order chi connectivity index (χ1) is 10.6. The van der Waals surface area contributed by atoms with Crippen LogP contribution in [0.5, 0.6) is 0 Å². The third-order valence-electron chi connectivity index (χ3n) is 4.26. The number of H-pyrrole nitrogens is 1. The molecule has 122 valence electrons. The molecule has 0 saturated carbocycles. The monoisotopic (exact) mass is 307 g/mol. The molecule has 0 bridgehead atoms. The molecule has 0 radical (unpaired) electrons. The van der Waals surface area contributed by atoms with Crippen LogP contribution in [0.25, 0.3) is 0 Å². The molecule has 0 aliphatic carbocycles. The molecule has 1 unspecified atom stereocenters. The van der Waals surface area contributed by atoms with E-state index in [-0.39, 0.29) is 24.3 Å². The maximum atomic E-state index is 12.8. The van der Waals surface area contributed by atoms with E-state index in [4.69, 9.17) is 4.74 Å². The van der Waals surface area contributed by atoms with Crippen molar-refractivity contribution in [1.29, 1.82) is 0 Å². The summed E-state index contributed by atoms with van der Waals surface area (Å²) in [4.78, 5) is 26.3. The van der Waals surface area contributed by atoms with Crippen LogP contribution in [0.2, 0.25) is 0 Å². The first-order valence-electron chi connectivity index (χ1n) is 8.08. The molecule has 1 aliphatic rings. The van der Waals surface area contributed by atoms with Gasteiger partial charge in [0.15, 0.2) is 5.69 Å². The van der Waals surface area contributed by atoms with Crippen LogP contribution in [0, 0.1) is 6.92 Å². The van der Waals surface area contributed by atoms with Gasteiger partial charge in [0, 0.05) is 23.8 Å². The van der Waals surface area contributed by atoms with E-state index in [0.717, 1.165) is 36.9 Å². The van der Waals surface area contributed by atoms with Gasteiger partial charge >= 0.3 is 5.97 Å². The quantitative estimate of drug-likeness (QED) is 0.846. The minimum Gasteiger partial charge on any atom is -0.466 e. The summed E-state index contributed by atoms with van der Waals surface area (Å²) in [6, 6.07) is -0.0820. The maximum absolute atomic E-state index is 12.8. The molecule has 1 aliphatic heterocycles. The van der Waals surface area contributed by atoms with Crippen molar-refractivity contribution < 1.29 is 14.3 Å². The summed E-state index contributed by atoms with van der Waals surface area (Å²) in [6.07, 6.45) is 3.93. The van der Waals surface area contributed by atoms with E-state index in [1.165, 1.54) is 0 Å². The molecular formula is C16H25N3O3. The minimum atomic E-state index is -0.236. The van der Waals surface area contributed by atoms with Crippen LogP contribution in [0.15, 0.2) is 0 Å². The summed E-state index contributed by atoms with van der Waals surface area (Å²) in [7, 11) is 0. The number of esters is 1. The Morgan fingerprint density at radius 1 is 1.36 bits per heavy atom. The summed E-state index contributed by atoms with van der Waals surface area (Å²) >= 11 is 0. The summed E-state index contributed by atoms with van der Waals surface area (Å²) in [6.45, 7) is 6.79. The van der Waals surface area contributed by atoms with Gasteiger partial charge in [0.2, 0.25) is 0 Å². The van der Waals surface area contributed by atoms with Gasteiger partial charge in [-0.2, -0.15) is 5.10 Å². The molecule has 1 aromatic rings. The molecule has 2 heterocycles. The van der Waals surface area contributed by atoms with Crippen molar-refractivity contribution in [3.8, 4) is 0 Å². The zero-order valence-corrected chi connectivity index (χ0v) is 13.6. The number of amides is 1. The first-order valence-corrected chi connectivity index (χ1v) is 8.08. The minimum absolute atomic E-state index is 0.0811. The van der Waals surface area contributed by atoms with E-state index >= 15 is 0 Å². The molecule has 1 atom stereocenters. The van der Waals surface area contributed by atoms with E-state index < -0.39 is 0 Å². The number of carbonyl (C=O) groups excluding carboxylic acids is 2. The highest BCUT2D eigenvalue weighted by Gasteiger charge is 2.31. The Hall–Kier alpha value is -1.85. The van der Waals surface area contributed by atoms with E-state index in [2.05, 4.69) is 10.2 Å². The number of aromatic amines is 1. The predicted octanol–water partition coefficient (Wildman–Crippen LogP) is 2.23. The average Bonchev–Trinajstić information content (AvgIpc) is 2.88. The second-order valence-corrected chi connectivity index (χ2v) is 5.69. The molecular weight excluding hydrogens is 282 g/mol. The summed E-state index contributed by atoms with van der Waals surface area (Å²) in [5.74, 6) is -0.317. The van der Waals surface area contributed by atoms with Crippen LogP contribution in [0.4, 0.5) is 0 Å². The van der Waals surface area contributed by atoms with Gasteiger partial charge in [-0.05, 0) is 39.5 Å². The number of nitrogens with zero attached hydrogens (tertiary/aromatic N) is 2. The van der Waals surface area contributed by atoms with E-state index in [1.807, 2.05) is 13.8 Å². The number of aromatic nitrogens is 2.